The lowest BCUT2D eigenvalue weighted by atomic mass is 9.99. The molecule has 0 aromatic carbocycles. The van der Waals surface area contributed by atoms with Crippen molar-refractivity contribution in [3.63, 3.8) is 0 Å². The van der Waals surface area contributed by atoms with E-state index in [0.29, 0.717) is 19.0 Å². The Balaban J connectivity index is 1.59. The van der Waals surface area contributed by atoms with Crippen molar-refractivity contribution in [1.29, 1.82) is 0 Å². The van der Waals surface area contributed by atoms with Gasteiger partial charge in [0.25, 0.3) is 0 Å². The van der Waals surface area contributed by atoms with Crippen molar-refractivity contribution in [2.45, 2.75) is 71.9 Å². The molecule has 2 aromatic rings. The van der Waals surface area contributed by atoms with Crippen LogP contribution >= 0.6 is 0 Å². The van der Waals surface area contributed by atoms with Gasteiger partial charge in [0.2, 0.25) is 0 Å². The molecule has 0 spiro atoms. The van der Waals surface area contributed by atoms with E-state index in [1.807, 2.05) is 12.3 Å². The molecule has 30 heavy (non-hydrogen) atoms. The number of aromatic nitrogens is 2. The summed E-state index contributed by atoms with van der Waals surface area (Å²) in [5.41, 5.74) is 2.21. The predicted molar refractivity (Wildman–Crippen MR) is 122 cm³/mol. The lowest BCUT2D eigenvalue weighted by Crippen LogP contribution is -2.36. The maximum atomic E-state index is 5.51. The van der Waals surface area contributed by atoms with Crippen molar-refractivity contribution in [2.24, 2.45) is 4.99 Å². The van der Waals surface area contributed by atoms with E-state index in [0.717, 1.165) is 55.7 Å². The lowest BCUT2D eigenvalue weighted by Gasteiger charge is -2.27. The molecule has 0 atom stereocenters. The van der Waals surface area contributed by atoms with Gasteiger partial charge in [0, 0.05) is 37.8 Å². The third kappa shape index (κ3) is 6.21. The molecular weight excluding hydrogens is 376 g/mol. The quantitative estimate of drug-likeness (QED) is 0.474. The fourth-order valence-electron chi connectivity index (χ4n) is 3.85. The van der Waals surface area contributed by atoms with Crippen LogP contribution in [0.5, 0.6) is 0 Å². The molecule has 164 valence electrons. The van der Waals surface area contributed by atoms with Gasteiger partial charge in [0.05, 0.1) is 18.8 Å². The summed E-state index contributed by atoms with van der Waals surface area (Å²) in [5, 5.41) is 10.9. The van der Waals surface area contributed by atoms with Crippen LogP contribution in [0.4, 0.5) is 5.82 Å². The number of rotatable bonds is 9. The van der Waals surface area contributed by atoms with Gasteiger partial charge in [-0.1, -0.05) is 19.0 Å². The minimum Gasteiger partial charge on any atom is -0.359 e. The van der Waals surface area contributed by atoms with Crippen LogP contribution in [0.25, 0.3) is 0 Å². The van der Waals surface area contributed by atoms with Gasteiger partial charge in [-0.25, -0.2) is 9.98 Å². The Hall–Kier alpha value is -2.57. The fourth-order valence-corrected chi connectivity index (χ4v) is 3.85. The minimum atomic E-state index is 0.463. The Morgan fingerprint density at radius 1 is 1.13 bits per heavy atom. The molecule has 7 nitrogen and oxygen atoms in total. The van der Waals surface area contributed by atoms with Gasteiger partial charge in [-0.2, -0.15) is 0 Å². The molecule has 0 unspecified atom stereocenters. The van der Waals surface area contributed by atoms with Gasteiger partial charge in [-0.15, -0.1) is 0 Å². The van der Waals surface area contributed by atoms with Gasteiger partial charge in [0.1, 0.15) is 5.82 Å². The van der Waals surface area contributed by atoms with E-state index in [-0.39, 0.29) is 0 Å². The Kier molecular flexibility index (Phi) is 8.53. The third-order valence-electron chi connectivity index (χ3n) is 5.67. The summed E-state index contributed by atoms with van der Waals surface area (Å²) in [6.45, 7) is 10.6. The molecular formula is C23H36N6O. The summed E-state index contributed by atoms with van der Waals surface area (Å²) in [7, 11) is 0. The van der Waals surface area contributed by atoms with Gasteiger partial charge in [-0.3, -0.25) is 0 Å². The maximum Gasteiger partial charge on any atom is 0.191 e. The highest BCUT2D eigenvalue weighted by molar-refractivity contribution is 5.79. The molecule has 0 amide bonds. The third-order valence-corrected chi connectivity index (χ3v) is 5.67. The van der Waals surface area contributed by atoms with E-state index in [2.05, 4.69) is 58.6 Å². The van der Waals surface area contributed by atoms with Gasteiger partial charge in [-0.05, 0) is 56.7 Å². The first-order valence-corrected chi connectivity index (χ1v) is 11.4. The first-order valence-electron chi connectivity index (χ1n) is 11.4. The summed E-state index contributed by atoms with van der Waals surface area (Å²) >= 11 is 0. The largest absolute Gasteiger partial charge is 0.359 e. The van der Waals surface area contributed by atoms with E-state index in [1.165, 1.54) is 24.8 Å². The van der Waals surface area contributed by atoms with Crippen LogP contribution in [0.1, 0.15) is 75.8 Å². The second-order valence-corrected chi connectivity index (χ2v) is 7.85. The SMILES string of the molecule is CCNC(=NCc1ccnc(N2CCCCC2)c1)NCc1cc(C(CC)CC)no1. The van der Waals surface area contributed by atoms with Crippen molar-refractivity contribution in [1.82, 2.24) is 20.8 Å². The van der Waals surface area contributed by atoms with E-state index in [4.69, 9.17) is 9.52 Å². The number of nitrogens with zero attached hydrogens (tertiary/aromatic N) is 4. The maximum absolute atomic E-state index is 5.51. The van der Waals surface area contributed by atoms with Crippen LogP contribution in [0.15, 0.2) is 33.9 Å². The van der Waals surface area contributed by atoms with E-state index < -0.39 is 0 Å². The smallest absolute Gasteiger partial charge is 0.191 e. The Morgan fingerprint density at radius 2 is 1.93 bits per heavy atom. The summed E-state index contributed by atoms with van der Waals surface area (Å²) in [4.78, 5) is 11.7. The zero-order chi connectivity index (χ0) is 21.2. The number of aliphatic imine (C=N–C) groups is 1. The number of piperidine rings is 1. The first-order chi connectivity index (χ1) is 14.7. The summed E-state index contributed by atoms with van der Waals surface area (Å²) in [5.74, 6) is 3.13. The zero-order valence-electron chi connectivity index (χ0n) is 18.7. The van der Waals surface area contributed by atoms with Crippen molar-refractivity contribution in [3.05, 3.63) is 41.4 Å². The predicted octanol–water partition coefficient (Wildman–Crippen LogP) is 4.22. The molecule has 1 saturated heterocycles. The Bertz CT molecular complexity index is 792. The van der Waals surface area contributed by atoms with Crippen molar-refractivity contribution >= 4 is 11.8 Å². The molecule has 3 heterocycles. The first kappa shape index (κ1) is 22.1. The van der Waals surface area contributed by atoms with Gasteiger partial charge < -0.3 is 20.1 Å². The van der Waals surface area contributed by atoms with Crippen LogP contribution < -0.4 is 15.5 Å². The topological polar surface area (TPSA) is 78.6 Å². The second kappa shape index (κ2) is 11.6. The zero-order valence-corrected chi connectivity index (χ0v) is 18.7. The molecule has 0 saturated carbocycles. The van der Waals surface area contributed by atoms with Crippen molar-refractivity contribution in [2.75, 3.05) is 24.5 Å². The summed E-state index contributed by atoms with van der Waals surface area (Å²) in [6, 6.07) is 6.26. The second-order valence-electron chi connectivity index (χ2n) is 7.85. The molecule has 3 rings (SSSR count). The van der Waals surface area contributed by atoms with E-state index >= 15 is 0 Å². The van der Waals surface area contributed by atoms with Crippen LogP contribution in [-0.4, -0.2) is 35.7 Å². The average Bonchev–Trinajstić information content (AvgIpc) is 3.26. The van der Waals surface area contributed by atoms with Gasteiger partial charge >= 0.3 is 0 Å². The van der Waals surface area contributed by atoms with E-state index in [9.17, 15) is 0 Å². The monoisotopic (exact) mass is 412 g/mol. The van der Waals surface area contributed by atoms with Crippen LogP contribution in [0, 0.1) is 0 Å². The molecule has 0 radical (unpaired) electrons. The number of pyridine rings is 1. The number of hydrogen-bond acceptors (Lipinski definition) is 5. The lowest BCUT2D eigenvalue weighted by molar-refractivity contribution is 0.368. The number of nitrogens with one attached hydrogen (secondary N) is 2. The standard InChI is InChI=1S/C23H36N6O/c1-4-19(5-2)21-15-20(30-28-21)17-27-23(24-6-3)26-16-18-10-11-25-22(14-18)29-12-8-7-9-13-29/h10-11,14-15,19H,4-9,12-13,16-17H2,1-3H3,(H2,24,26,27). The number of anilines is 1. The normalized spacial score (nSPS) is 14.9. The molecule has 0 bridgehead atoms. The molecule has 0 aliphatic carbocycles. The molecule has 1 aliphatic rings. The molecule has 7 heteroatoms. The van der Waals surface area contributed by atoms with Gasteiger partial charge in [0.15, 0.2) is 11.7 Å². The fraction of sp³-hybridized carbons (Fsp3) is 0.609. The molecule has 1 fully saturated rings. The van der Waals surface area contributed by atoms with Crippen molar-refractivity contribution in [3.8, 4) is 0 Å². The van der Waals surface area contributed by atoms with Crippen LogP contribution in [0.3, 0.4) is 0 Å². The number of hydrogen-bond donors (Lipinski definition) is 2. The molecule has 1 aliphatic heterocycles. The number of guanidine groups is 1. The summed E-state index contributed by atoms with van der Waals surface area (Å²) in [6.07, 6.45) is 7.86. The van der Waals surface area contributed by atoms with Crippen LogP contribution in [0.2, 0.25) is 0 Å². The van der Waals surface area contributed by atoms with Crippen molar-refractivity contribution < 1.29 is 4.52 Å². The summed E-state index contributed by atoms with van der Waals surface area (Å²) < 4.78 is 5.51. The molecule has 2 aromatic heterocycles. The van der Waals surface area contributed by atoms with E-state index in [1.54, 1.807) is 0 Å². The van der Waals surface area contributed by atoms with Crippen LogP contribution in [-0.2, 0) is 13.1 Å². The molecule has 2 N–H and O–H groups in total. The minimum absolute atomic E-state index is 0.463. The highest BCUT2D eigenvalue weighted by Crippen LogP contribution is 2.22. The Morgan fingerprint density at radius 3 is 2.67 bits per heavy atom. The highest BCUT2D eigenvalue weighted by atomic mass is 16.5. The average molecular weight is 413 g/mol. The Labute approximate surface area is 180 Å². The highest BCUT2D eigenvalue weighted by Gasteiger charge is 2.14.